The predicted octanol–water partition coefficient (Wildman–Crippen LogP) is 3.89. The van der Waals surface area contributed by atoms with Gasteiger partial charge in [0.05, 0.1) is 5.56 Å². The van der Waals surface area contributed by atoms with Crippen LogP contribution in [0.2, 0.25) is 0 Å². The summed E-state index contributed by atoms with van der Waals surface area (Å²) in [6.45, 7) is 7.42. The van der Waals surface area contributed by atoms with Crippen LogP contribution in [0.3, 0.4) is 0 Å². The van der Waals surface area contributed by atoms with E-state index in [0.29, 0.717) is 31.0 Å². The lowest BCUT2D eigenvalue weighted by Gasteiger charge is -2.26. The predicted molar refractivity (Wildman–Crippen MR) is 75.4 cm³/mol. The first-order valence-corrected chi connectivity index (χ1v) is 7.15. The molecule has 1 heterocycles. The van der Waals surface area contributed by atoms with Crippen LogP contribution < -0.4 is 0 Å². The number of aliphatic hydroxyl groups excluding tert-OH is 1. The molecule has 118 valence electrons. The van der Waals surface area contributed by atoms with Crippen molar-refractivity contribution < 1.29 is 18.3 Å². The fourth-order valence-corrected chi connectivity index (χ4v) is 2.76. The maximum atomic E-state index is 12.7. The van der Waals surface area contributed by atoms with Gasteiger partial charge in [-0.05, 0) is 29.4 Å². The molecule has 0 saturated carbocycles. The summed E-state index contributed by atoms with van der Waals surface area (Å²) in [5.41, 5.74) is 0.0308. The molecule has 2 atom stereocenters. The van der Waals surface area contributed by atoms with E-state index in [9.17, 15) is 18.3 Å². The molecule has 1 aromatic carbocycles. The van der Waals surface area contributed by atoms with Gasteiger partial charge >= 0.3 is 6.18 Å². The van der Waals surface area contributed by atoms with Crippen molar-refractivity contribution in [3.63, 3.8) is 0 Å². The van der Waals surface area contributed by atoms with Crippen LogP contribution in [0.5, 0.6) is 0 Å². The Balaban J connectivity index is 2.09. The molecule has 0 bridgehead atoms. The van der Waals surface area contributed by atoms with Crippen LogP contribution in [0.1, 0.15) is 38.3 Å². The third-order valence-corrected chi connectivity index (χ3v) is 4.24. The number of rotatable bonds is 2. The molecule has 21 heavy (non-hydrogen) atoms. The largest absolute Gasteiger partial charge is 0.416 e. The summed E-state index contributed by atoms with van der Waals surface area (Å²) in [7, 11) is 0. The van der Waals surface area contributed by atoms with E-state index in [2.05, 4.69) is 20.8 Å². The Labute approximate surface area is 123 Å². The monoisotopic (exact) mass is 301 g/mol. The molecular weight excluding hydrogens is 279 g/mol. The summed E-state index contributed by atoms with van der Waals surface area (Å²) < 4.78 is 38.1. The van der Waals surface area contributed by atoms with Gasteiger partial charge in [-0.1, -0.05) is 39.0 Å². The Morgan fingerprint density at radius 1 is 1.24 bits per heavy atom. The van der Waals surface area contributed by atoms with Gasteiger partial charge in [0.2, 0.25) is 0 Å². The van der Waals surface area contributed by atoms with Crippen LogP contribution in [-0.2, 0) is 12.7 Å². The van der Waals surface area contributed by atoms with Crippen LogP contribution in [-0.4, -0.2) is 22.8 Å². The second-order valence-electron chi connectivity index (χ2n) is 6.91. The van der Waals surface area contributed by atoms with E-state index in [4.69, 9.17) is 0 Å². The van der Waals surface area contributed by atoms with Crippen LogP contribution in [0, 0.1) is 11.3 Å². The molecule has 5 heteroatoms. The Hall–Kier alpha value is -1.07. The van der Waals surface area contributed by atoms with Crippen LogP contribution in [0.25, 0.3) is 0 Å². The number of alkyl halides is 3. The van der Waals surface area contributed by atoms with Crippen molar-refractivity contribution in [2.75, 3.05) is 6.54 Å². The molecule has 2 nitrogen and oxygen atoms in total. The van der Waals surface area contributed by atoms with E-state index in [0.717, 1.165) is 12.1 Å². The van der Waals surface area contributed by atoms with E-state index in [1.165, 1.54) is 6.07 Å². The van der Waals surface area contributed by atoms with Crippen molar-refractivity contribution in [1.82, 2.24) is 4.90 Å². The molecule has 0 amide bonds. The topological polar surface area (TPSA) is 23.5 Å². The first-order chi connectivity index (χ1) is 9.57. The third-order valence-electron chi connectivity index (χ3n) is 4.24. The molecule has 1 aliphatic rings. The fourth-order valence-electron chi connectivity index (χ4n) is 2.76. The van der Waals surface area contributed by atoms with Crippen molar-refractivity contribution in [3.05, 3.63) is 35.4 Å². The Kier molecular flexibility index (Phi) is 4.36. The van der Waals surface area contributed by atoms with Gasteiger partial charge in [0.1, 0.15) is 6.23 Å². The van der Waals surface area contributed by atoms with E-state index in [-0.39, 0.29) is 5.41 Å². The number of benzene rings is 1. The molecule has 2 unspecified atom stereocenters. The third kappa shape index (κ3) is 3.98. The number of nitrogens with zero attached hydrogens (tertiary/aromatic N) is 1. The van der Waals surface area contributed by atoms with E-state index >= 15 is 0 Å². The molecule has 0 radical (unpaired) electrons. The highest BCUT2D eigenvalue weighted by Crippen LogP contribution is 2.37. The van der Waals surface area contributed by atoms with Gasteiger partial charge in [-0.25, -0.2) is 0 Å². The van der Waals surface area contributed by atoms with Crippen LogP contribution >= 0.6 is 0 Å². The highest BCUT2D eigenvalue weighted by molar-refractivity contribution is 5.25. The molecule has 1 N–H and O–H groups in total. The summed E-state index contributed by atoms with van der Waals surface area (Å²) >= 11 is 0. The van der Waals surface area contributed by atoms with Gasteiger partial charge < -0.3 is 5.11 Å². The molecule has 0 aliphatic carbocycles. The van der Waals surface area contributed by atoms with Gasteiger partial charge in [0.15, 0.2) is 0 Å². The normalized spacial score (nSPS) is 24.5. The highest BCUT2D eigenvalue weighted by Gasteiger charge is 2.37. The SMILES string of the molecule is CC(C)(C)C1CC(O)N(Cc2cccc(C(F)(F)F)c2)C1. The van der Waals surface area contributed by atoms with Crippen molar-refractivity contribution in [2.24, 2.45) is 11.3 Å². The molecule has 1 saturated heterocycles. The van der Waals surface area contributed by atoms with E-state index in [1.54, 1.807) is 6.07 Å². The second-order valence-corrected chi connectivity index (χ2v) is 6.91. The first kappa shape index (κ1) is 16.3. The van der Waals surface area contributed by atoms with E-state index < -0.39 is 18.0 Å². The number of aliphatic hydroxyl groups is 1. The Bertz CT molecular complexity index is 493. The standard InChI is InChI=1S/C16H22F3NO/c1-15(2,3)13-8-14(21)20(10-13)9-11-5-4-6-12(7-11)16(17,18)19/h4-7,13-14,21H,8-10H2,1-3H3. The molecular formula is C16H22F3NO. The number of likely N-dealkylation sites (tertiary alicyclic amines) is 1. The maximum absolute atomic E-state index is 12.7. The molecule has 0 spiro atoms. The van der Waals surface area contributed by atoms with Gasteiger partial charge in [-0.15, -0.1) is 0 Å². The lowest BCUT2D eigenvalue weighted by Crippen LogP contribution is -2.29. The lowest BCUT2D eigenvalue weighted by atomic mass is 9.80. The summed E-state index contributed by atoms with van der Waals surface area (Å²) in [5.74, 6) is 0.346. The minimum absolute atomic E-state index is 0.0869. The Morgan fingerprint density at radius 2 is 1.90 bits per heavy atom. The van der Waals surface area contributed by atoms with Crippen LogP contribution in [0.15, 0.2) is 24.3 Å². The quantitative estimate of drug-likeness (QED) is 0.896. The molecule has 0 aromatic heterocycles. The van der Waals surface area contributed by atoms with Crippen molar-refractivity contribution >= 4 is 0 Å². The smallest absolute Gasteiger partial charge is 0.378 e. The van der Waals surface area contributed by atoms with Gasteiger partial charge in [-0.3, -0.25) is 4.90 Å². The fraction of sp³-hybridized carbons (Fsp3) is 0.625. The first-order valence-electron chi connectivity index (χ1n) is 7.15. The summed E-state index contributed by atoms with van der Waals surface area (Å²) in [5, 5.41) is 10.1. The zero-order valence-corrected chi connectivity index (χ0v) is 12.6. The lowest BCUT2D eigenvalue weighted by molar-refractivity contribution is -0.137. The Morgan fingerprint density at radius 3 is 2.43 bits per heavy atom. The molecule has 1 aromatic rings. The van der Waals surface area contributed by atoms with Gasteiger partial charge in [0, 0.05) is 13.1 Å². The number of hydrogen-bond acceptors (Lipinski definition) is 2. The maximum Gasteiger partial charge on any atom is 0.416 e. The van der Waals surface area contributed by atoms with Crippen molar-refractivity contribution in [3.8, 4) is 0 Å². The number of halogens is 3. The molecule has 1 fully saturated rings. The zero-order chi connectivity index (χ0) is 15.8. The number of hydrogen-bond donors (Lipinski definition) is 1. The zero-order valence-electron chi connectivity index (χ0n) is 12.6. The minimum atomic E-state index is -4.33. The molecule has 1 aliphatic heterocycles. The van der Waals surface area contributed by atoms with Crippen molar-refractivity contribution in [1.29, 1.82) is 0 Å². The van der Waals surface area contributed by atoms with E-state index in [1.807, 2.05) is 4.90 Å². The average molecular weight is 301 g/mol. The van der Waals surface area contributed by atoms with Gasteiger partial charge in [0.25, 0.3) is 0 Å². The average Bonchev–Trinajstić information content (AvgIpc) is 2.70. The molecule has 2 rings (SSSR count). The van der Waals surface area contributed by atoms with Gasteiger partial charge in [-0.2, -0.15) is 13.2 Å². The second kappa shape index (κ2) is 5.61. The summed E-state index contributed by atoms with van der Waals surface area (Å²) in [6.07, 6.45) is -4.24. The summed E-state index contributed by atoms with van der Waals surface area (Å²) in [6, 6.07) is 5.33. The summed E-state index contributed by atoms with van der Waals surface area (Å²) in [4.78, 5) is 1.85. The highest BCUT2D eigenvalue weighted by atomic mass is 19.4. The van der Waals surface area contributed by atoms with Crippen LogP contribution in [0.4, 0.5) is 13.2 Å². The minimum Gasteiger partial charge on any atom is -0.378 e. The van der Waals surface area contributed by atoms with Crippen molar-refractivity contribution in [2.45, 2.75) is 46.1 Å².